The van der Waals surface area contributed by atoms with Crippen LogP contribution in [0.1, 0.15) is 6.92 Å². The number of diazo groups is 1. The van der Waals surface area contributed by atoms with Crippen LogP contribution in [0.5, 0.6) is 0 Å². The van der Waals surface area contributed by atoms with Crippen molar-refractivity contribution in [3.8, 4) is 0 Å². The Morgan fingerprint density at radius 2 is 1.65 bits per heavy atom. The van der Waals surface area contributed by atoms with Gasteiger partial charge in [0.15, 0.2) is 4.98 Å². The number of aliphatic hydroxyl groups excluding tert-OH is 1. The Labute approximate surface area is 106 Å². The summed E-state index contributed by atoms with van der Waals surface area (Å²) in [5.74, 6) is -18.0. The highest BCUT2D eigenvalue weighted by Gasteiger charge is 2.76. The zero-order chi connectivity index (χ0) is 16.4. The highest BCUT2D eigenvalue weighted by atomic mass is 19.4. The summed E-state index contributed by atoms with van der Waals surface area (Å²) in [6.45, 7) is 0.624. The van der Waals surface area contributed by atoms with E-state index in [1.54, 1.807) is 4.98 Å². The number of alkyl halides is 7. The van der Waals surface area contributed by atoms with E-state index in [0.29, 0.717) is 0 Å². The van der Waals surface area contributed by atoms with Gasteiger partial charge in [0.25, 0.3) is 5.76 Å². The lowest BCUT2D eigenvalue weighted by Gasteiger charge is -2.26. The molecule has 0 saturated carbocycles. The summed E-state index contributed by atoms with van der Waals surface area (Å²) < 4.78 is 90.5. The van der Waals surface area contributed by atoms with Crippen molar-refractivity contribution in [3.63, 3.8) is 0 Å². The number of ether oxygens (including phenoxy) is 1. The Kier molecular flexibility index (Phi) is 4.95. The Balaban J connectivity index is 5.94. The third-order valence-electron chi connectivity index (χ3n) is 1.84. The number of aliphatic hydroxyl groups is 1. The van der Waals surface area contributed by atoms with Gasteiger partial charge in [0.1, 0.15) is 0 Å². The first-order valence-electron chi connectivity index (χ1n) is 4.62. The normalized spacial score (nSPS) is 14.3. The summed E-state index contributed by atoms with van der Waals surface area (Å²) in [4.78, 5) is 12.6. The molecular weight excluding hydrogens is 305 g/mol. The number of halogens is 7. The highest BCUT2D eigenvalue weighted by Crippen LogP contribution is 2.49. The molecular formula is C8H6F7N2O3+. The molecule has 0 aromatic heterocycles. The maximum absolute atomic E-state index is 13.0. The van der Waals surface area contributed by atoms with Crippen LogP contribution in [-0.2, 0) is 9.53 Å². The molecule has 0 spiro atoms. The zero-order valence-corrected chi connectivity index (χ0v) is 9.51. The molecule has 12 heteroatoms. The number of carbonyl (C=O) groups is 1. The summed E-state index contributed by atoms with van der Waals surface area (Å²) in [5, 5.41) is 16.9. The molecule has 0 fully saturated rings. The molecule has 0 aromatic rings. The molecule has 0 bridgehead atoms. The molecule has 114 valence electrons. The first-order chi connectivity index (χ1) is 8.84. The maximum atomic E-state index is 13.0. The van der Waals surface area contributed by atoms with E-state index in [4.69, 9.17) is 10.5 Å². The third kappa shape index (κ3) is 2.91. The van der Waals surface area contributed by atoms with Crippen LogP contribution >= 0.6 is 0 Å². The minimum absolute atomic E-state index is 0.508. The predicted molar refractivity (Wildman–Crippen MR) is 47.3 cm³/mol. The lowest BCUT2D eigenvalue weighted by Crippen LogP contribution is -2.53. The monoisotopic (exact) mass is 311 g/mol. The van der Waals surface area contributed by atoms with Crippen LogP contribution in [0.25, 0.3) is 4.98 Å². The van der Waals surface area contributed by atoms with Gasteiger partial charge < -0.3 is 9.84 Å². The molecule has 20 heavy (non-hydrogen) atoms. The van der Waals surface area contributed by atoms with Gasteiger partial charge in [0.05, 0.1) is 6.61 Å². The second-order valence-electron chi connectivity index (χ2n) is 3.16. The smallest absolute Gasteiger partial charge is 0.500 e. The molecule has 0 atom stereocenters. The molecule has 0 aliphatic rings. The van der Waals surface area contributed by atoms with Crippen molar-refractivity contribution in [2.24, 2.45) is 0 Å². The summed E-state index contributed by atoms with van der Waals surface area (Å²) in [6.07, 6.45) is -6.72. The Hall–Kier alpha value is -2.06. The van der Waals surface area contributed by atoms with Crippen molar-refractivity contribution in [3.05, 3.63) is 16.4 Å². The average Bonchev–Trinajstić information content (AvgIpc) is 2.28. The number of carbonyl (C=O) groups excluding carboxylic acids is 1. The molecule has 0 unspecified atom stereocenters. The largest absolute Gasteiger partial charge is 0.511 e. The van der Waals surface area contributed by atoms with Crippen LogP contribution < -0.4 is 0 Å². The Morgan fingerprint density at radius 3 is 1.95 bits per heavy atom. The summed E-state index contributed by atoms with van der Waals surface area (Å²) >= 11 is 0. The fraction of sp³-hybridized carbons (Fsp3) is 0.625. The van der Waals surface area contributed by atoms with Gasteiger partial charge in [-0.1, -0.05) is 0 Å². The minimum Gasteiger partial charge on any atom is -0.500 e. The minimum atomic E-state index is -6.72. The SMILES string of the molecule is CCOC(=O)C([N+]#N)=C(O)C(F)(F)C(F)(F)C(F)(F)F. The molecule has 0 aliphatic heterocycles. The van der Waals surface area contributed by atoms with E-state index in [0.717, 1.165) is 6.92 Å². The maximum Gasteiger partial charge on any atom is 0.511 e. The van der Waals surface area contributed by atoms with Crippen LogP contribution in [0.4, 0.5) is 30.7 Å². The van der Waals surface area contributed by atoms with E-state index in [1.165, 1.54) is 0 Å². The number of nitrogens with zero attached hydrogens (tertiary/aromatic N) is 2. The molecule has 0 rings (SSSR count). The summed E-state index contributed by atoms with van der Waals surface area (Å²) in [7, 11) is 0. The molecule has 0 amide bonds. The molecule has 5 nitrogen and oxygen atoms in total. The number of allylic oxidation sites excluding steroid dienone is 1. The van der Waals surface area contributed by atoms with E-state index in [2.05, 4.69) is 4.74 Å². The van der Waals surface area contributed by atoms with Gasteiger partial charge in [-0.15, -0.1) is 0 Å². The lowest BCUT2D eigenvalue weighted by atomic mass is 10.1. The molecule has 1 N–H and O–H groups in total. The van der Waals surface area contributed by atoms with E-state index in [9.17, 15) is 35.5 Å². The summed E-state index contributed by atoms with van der Waals surface area (Å²) in [5.41, 5.74) is -2.17. The van der Waals surface area contributed by atoms with Crippen LogP contribution in [0.2, 0.25) is 0 Å². The van der Waals surface area contributed by atoms with E-state index >= 15 is 0 Å². The topological polar surface area (TPSA) is 74.7 Å². The predicted octanol–water partition coefficient (Wildman–Crippen LogP) is 3.01. The van der Waals surface area contributed by atoms with Crippen molar-refractivity contribution in [2.45, 2.75) is 24.9 Å². The highest BCUT2D eigenvalue weighted by molar-refractivity contribution is 5.91. The van der Waals surface area contributed by atoms with Gasteiger partial charge >= 0.3 is 29.7 Å². The molecule has 0 aliphatic carbocycles. The number of esters is 1. The lowest BCUT2D eigenvalue weighted by molar-refractivity contribution is -0.349. The van der Waals surface area contributed by atoms with Gasteiger partial charge in [-0.05, 0) is 6.92 Å². The van der Waals surface area contributed by atoms with Gasteiger partial charge in [-0.2, -0.15) is 30.7 Å². The van der Waals surface area contributed by atoms with Crippen molar-refractivity contribution in [1.82, 2.24) is 0 Å². The Bertz CT molecular complexity index is 464. The molecule has 0 saturated heterocycles. The summed E-state index contributed by atoms with van der Waals surface area (Å²) in [6, 6.07) is 0. The van der Waals surface area contributed by atoms with E-state index in [-0.39, 0.29) is 0 Å². The van der Waals surface area contributed by atoms with Crippen molar-refractivity contribution < 1.29 is 45.4 Å². The average molecular weight is 311 g/mol. The van der Waals surface area contributed by atoms with Crippen molar-refractivity contribution in [2.75, 3.05) is 6.61 Å². The fourth-order valence-electron chi connectivity index (χ4n) is 0.860. The van der Waals surface area contributed by atoms with Gasteiger partial charge in [0.2, 0.25) is 5.39 Å². The first-order valence-corrected chi connectivity index (χ1v) is 4.62. The van der Waals surface area contributed by atoms with Gasteiger partial charge in [-0.25, -0.2) is 4.79 Å². The number of hydrogen-bond donors (Lipinski definition) is 1. The Morgan fingerprint density at radius 1 is 1.20 bits per heavy atom. The van der Waals surface area contributed by atoms with E-state index < -0.39 is 42.1 Å². The molecule has 0 aromatic carbocycles. The van der Waals surface area contributed by atoms with Crippen LogP contribution in [0.3, 0.4) is 0 Å². The van der Waals surface area contributed by atoms with Crippen LogP contribution in [0.15, 0.2) is 11.5 Å². The van der Waals surface area contributed by atoms with Gasteiger partial charge in [0, 0.05) is 0 Å². The quantitative estimate of drug-likeness (QED) is 0.285. The van der Waals surface area contributed by atoms with E-state index in [1.807, 2.05) is 0 Å². The third-order valence-corrected chi connectivity index (χ3v) is 1.84. The van der Waals surface area contributed by atoms with Crippen LogP contribution in [0, 0.1) is 5.39 Å². The second-order valence-corrected chi connectivity index (χ2v) is 3.16. The second kappa shape index (κ2) is 5.51. The molecule has 0 radical (unpaired) electrons. The molecule has 0 heterocycles. The standard InChI is InChI=1S/C8H5F7N2O3/c1-2-20-5(19)3(17-16)4(18)6(9,10)7(11,12)8(13,14)15/h2H2,1H3/p+1. The van der Waals surface area contributed by atoms with Crippen molar-refractivity contribution >= 4 is 5.97 Å². The zero-order valence-electron chi connectivity index (χ0n) is 9.51. The van der Waals surface area contributed by atoms with Crippen LogP contribution in [-0.4, -0.2) is 35.7 Å². The number of rotatable bonds is 4. The number of hydrogen-bond acceptors (Lipinski definition) is 4. The first kappa shape index (κ1) is 17.9. The van der Waals surface area contributed by atoms with Gasteiger partial charge in [-0.3, -0.25) is 0 Å². The van der Waals surface area contributed by atoms with Crippen molar-refractivity contribution in [1.29, 1.82) is 5.39 Å². The fourth-order valence-corrected chi connectivity index (χ4v) is 0.860.